The third-order valence-corrected chi connectivity index (χ3v) is 6.98. The highest BCUT2D eigenvalue weighted by Gasteiger charge is 2.19. The lowest BCUT2D eigenvalue weighted by molar-refractivity contribution is 1.89. The van der Waals surface area contributed by atoms with Gasteiger partial charge < -0.3 is 0 Å². The molecule has 4 heteroatoms. The molecule has 0 aliphatic carbocycles. The lowest BCUT2D eigenvalue weighted by Crippen LogP contribution is -2.27. The summed E-state index contributed by atoms with van der Waals surface area (Å²) in [5.41, 5.74) is 15.7. The normalized spacial score (nSPS) is 11.9. The lowest BCUT2D eigenvalue weighted by atomic mass is 11.3. The average molecular weight is 329 g/mol. The summed E-state index contributed by atoms with van der Waals surface area (Å²) in [6.45, 7) is 15.7. The molecule has 0 aliphatic heterocycles. The fourth-order valence-electron chi connectivity index (χ4n) is 0.704. The zero-order valence-corrected chi connectivity index (χ0v) is 15.7. The molecule has 16 heavy (non-hydrogen) atoms. The molecule has 0 aromatic rings. The molecule has 0 saturated carbocycles. The highest BCUT2D eigenvalue weighted by atomic mass is 79.9. The molecule has 0 fully saturated rings. The van der Waals surface area contributed by atoms with E-state index in [1.165, 1.54) is 0 Å². The van der Waals surface area contributed by atoms with Crippen molar-refractivity contribution in [3.8, 4) is 22.2 Å². The molecule has 0 spiro atoms. The molecule has 0 radical (unpaired) electrons. The van der Waals surface area contributed by atoms with Crippen molar-refractivity contribution in [2.24, 2.45) is 0 Å². The number of hydrogen-bond acceptors (Lipinski definition) is 0. The van der Waals surface area contributed by atoms with Crippen molar-refractivity contribution >= 4 is 38.1 Å². The molecule has 0 nitrogen and oxygen atoms in total. The maximum Gasteiger partial charge on any atom is 0.209 e. The maximum atomic E-state index is 3.86. The van der Waals surface area contributed by atoms with Gasteiger partial charge in [0, 0.05) is 0 Å². The van der Waals surface area contributed by atoms with E-state index >= 15 is 0 Å². The molecular formula is C12H21BrSi3. The summed E-state index contributed by atoms with van der Waals surface area (Å²) in [7, 11) is -3.16. The quantitative estimate of drug-likeness (QED) is 0.389. The Kier molecular flexibility index (Phi) is 5.55. The first-order chi connectivity index (χ1) is 6.97. The SMILES string of the molecule is C=C[Si](C)(C)C#C[Si](C)(C)C#C[Si](C)(C)Br. The van der Waals surface area contributed by atoms with Crippen LogP contribution in [0.1, 0.15) is 0 Å². The molecular weight excluding hydrogens is 308 g/mol. The van der Waals surface area contributed by atoms with Crippen LogP contribution in [0.2, 0.25) is 39.3 Å². The zero-order valence-electron chi connectivity index (χ0n) is 11.2. The van der Waals surface area contributed by atoms with Crippen LogP contribution in [0.15, 0.2) is 12.3 Å². The van der Waals surface area contributed by atoms with E-state index in [4.69, 9.17) is 0 Å². The molecule has 88 valence electrons. The Bertz CT molecular complexity index is 380. The van der Waals surface area contributed by atoms with Crippen molar-refractivity contribution in [2.75, 3.05) is 0 Å². The van der Waals surface area contributed by atoms with E-state index in [9.17, 15) is 0 Å². The second-order valence-corrected chi connectivity index (χ2v) is 22.5. The van der Waals surface area contributed by atoms with Gasteiger partial charge in [-0.3, -0.25) is 0 Å². The first-order valence-corrected chi connectivity index (χ1v) is 16.7. The van der Waals surface area contributed by atoms with E-state index in [1.54, 1.807) is 0 Å². The van der Waals surface area contributed by atoms with Crippen molar-refractivity contribution in [2.45, 2.75) is 39.3 Å². The summed E-state index contributed by atoms with van der Waals surface area (Å²) < 4.78 is 0. The van der Waals surface area contributed by atoms with Crippen LogP contribution in [0.25, 0.3) is 0 Å². The second kappa shape index (κ2) is 5.55. The minimum atomic E-state index is -1.67. The molecule has 0 heterocycles. The molecule has 0 aromatic carbocycles. The summed E-state index contributed by atoms with van der Waals surface area (Å²) in [6.07, 6.45) is 0. The van der Waals surface area contributed by atoms with Crippen LogP contribution >= 0.6 is 15.3 Å². The van der Waals surface area contributed by atoms with Crippen LogP contribution in [0.4, 0.5) is 0 Å². The molecule has 0 saturated heterocycles. The molecule has 0 unspecified atom stereocenters. The van der Waals surface area contributed by atoms with Gasteiger partial charge in [-0.15, -0.1) is 44.0 Å². The minimum absolute atomic E-state index is 1.44. The third-order valence-electron chi connectivity index (χ3n) is 1.88. The van der Waals surface area contributed by atoms with Gasteiger partial charge in [-0.25, -0.2) is 0 Å². The van der Waals surface area contributed by atoms with Crippen molar-refractivity contribution < 1.29 is 0 Å². The number of rotatable bonds is 1. The van der Waals surface area contributed by atoms with Crippen molar-refractivity contribution in [3.05, 3.63) is 12.3 Å². The first-order valence-electron chi connectivity index (χ1n) is 5.39. The van der Waals surface area contributed by atoms with Crippen LogP contribution in [0.5, 0.6) is 0 Å². The van der Waals surface area contributed by atoms with Crippen molar-refractivity contribution in [3.63, 3.8) is 0 Å². The highest BCUT2D eigenvalue weighted by molar-refractivity contribution is 9.26. The Morgan fingerprint density at radius 1 is 0.875 bits per heavy atom. The molecule has 0 aromatic heterocycles. The minimum Gasteiger partial charge on any atom is -0.132 e. The standard InChI is InChI=1S/C12H21BrSi3/c1-8-14(2,3)9-10-15(4,5)11-12-16(6,7)13/h8H,1H2,2-7H3. The van der Waals surface area contributed by atoms with E-state index in [1.807, 2.05) is 5.70 Å². The molecule has 0 N–H and O–H groups in total. The van der Waals surface area contributed by atoms with E-state index in [-0.39, 0.29) is 0 Å². The summed E-state index contributed by atoms with van der Waals surface area (Å²) in [6, 6.07) is 0. The van der Waals surface area contributed by atoms with Gasteiger partial charge in [0.15, 0.2) is 8.07 Å². The summed E-state index contributed by atoms with van der Waals surface area (Å²) in [5.74, 6) is 0. The van der Waals surface area contributed by atoms with Crippen molar-refractivity contribution in [1.82, 2.24) is 0 Å². The smallest absolute Gasteiger partial charge is 0.132 e. The number of halogens is 1. The van der Waals surface area contributed by atoms with Crippen LogP contribution in [-0.2, 0) is 0 Å². The van der Waals surface area contributed by atoms with Gasteiger partial charge in [-0.1, -0.05) is 18.8 Å². The molecule has 0 bridgehead atoms. The molecule has 0 amide bonds. The van der Waals surface area contributed by atoms with Crippen LogP contribution in [0.3, 0.4) is 0 Å². The predicted molar refractivity (Wildman–Crippen MR) is 87.1 cm³/mol. The van der Waals surface area contributed by atoms with Gasteiger partial charge in [0.05, 0.1) is 0 Å². The van der Waals surface area contributed by atoms with Crippen LogP contribution in [-0.4, -0.2) is 22.8 Å². The Hall–Kier alpha value is -0.00935. The van der Waals surface area contributed by atoms with Gasteiger partial charge in [0.2, 0.25) is 14.8 Å². The van der Waals surface area contributed by atoms with E-state index < -0.39 is 22.8 Å². The highest BCUT2D eigenvalue weighted by Crippen LogP contribution is 2.09. The zero-order chi connectivity index (χ0) is 13.0. The molecule has 0 rings (SSSR count). The fraction of sp³-hybridized carbons (Fsp3) is 0.500. The van der Waals surface area contributed by atoms with Crippen LogP contribution < -0.4 is 0 Å². The Morgan fingerprint density at radius 2 is 1.31 bits per heavy atom. The molecule has 0 aliphatic rings. The van der Waals surface area contributed by atoms with E-state index in [0.717, 1.165) is 0 Å². The average Bonchev–Trinajstić information content (AvgIpc) is 2.12. The van der Waals surface area contributed by atoms with Gasteiger partial charge in [-0.2, -0.15) is 0 Å². The van der Waals surface area contributed by atoms with Gasteiger partial charge >= 0.3 is 0 Å². The summed E-state index contributed by atoms with van der Waals surface area (Å²) in [5, 5.41) is 0. The second-order valence-electron chi connectivity index (χ2n) is 5.52. The first kappa shape index (κ1) is 16.0. The maximum absolute atomic E-state index is 3.86. The third kappa shape index (κ3) is 8.18. The summed E-state index contributed by atoms with van der Waals surface area (Å²) in [4.78, 5) is 0. The largest absolute Gasteiger partial charge is 0.209 e. The van der Waals surface area contributed by atoms with E-state index in [2.05, 4.69) is 83.3 Å². The Labute approximate surface area is 112 Å². The van der Waals surface area contributed by atoms with Crippen LogP contribution in [0, 0.1) is 22.2 Å². The predicted octanol–water partition coefficient (Wildman–Crippen LogP) is 3.89. The van der Waals surface area contributed by atoms with Crippen molar-refractivity contribution in [1.29, 1.82) is 0 Å². The topological polar surface area (TPSA) is 0 Å². The van der Waals surface area contributed by atoms with Gasteiger partial charge in [0.25, 0.3) is 0 Å². The monoisotopic (exact) mass is 328 g/mol. The van der Waals surface area contributed by atoms with Gasteiger partial charge in [0.1, 0.15) is 0 Å². The Balaban J connectivity index is 4.95. The molecule has 0 atom stereocenters. The van der Waals surface area contributed by atoms with E-state index in [0.29, 0.717) is 0 Å². The summed E-state index contributed by atoms with van der Waals surface area (Å²) >= 11 is 3.67. The van der Waals surface area contributed by atoms with Gasteiger partial charge in [-0.05, 0) is 26.2 Å². The fourth-order valence-corrected chi connectivity index (χ4v) is 6.74. The Morgan fingerprint density at radius 3 is 1.69 bits per heavy atom. The lowest BCUT2D eigenvalue weighted by Gasteiger charge is -2.11. The number of hydrogen-bond donors (Lipinski definition) is 0.